The molecule has 1 atom stereocenters. The van der Waals surface area contributed by atoms with Crippen LogP contribution in [-0.4, -0.2) is 37.7 Å². The molecule has 1 unspecified atom stereocenters. The summed E-state index contributed by atoms with van der Waals surface area (Å²) in [7, 11) is 1.44. The maximum Gasteiger partial charge on any atom is 0.165 e. The summed E-state index contributed by atoms with van der Waals surface area (Å²) in [6.07, 6.45) is 0.830. The van der Waals surface area contributed by atoms with Crippen LogP contribution < -0.4 is 10.6 Å². The Labute approximate surface area is 113 Å². The van der Waals surface area contributed by atoms with Gasteiger partial charge in [0.05, 0.1) is 12.8 Å². The summed E-state index contributed by atoms with van der Waals surface area (Å²) in [4.78, 5) is 0. The van der Waals surface area contributed by atoms with Gasteiger partial charge in [0, 0.05) is 17.1 Å². The summed E-state index contributed by atoms with van der Waals surface area (Å²) in [5, 5.41) is 12.2. The molecule has 0 aromatic heterocycles. The highest BCUT2D eigenvalue weighted by Gasteiger charge is 2.11. The number of nitrogens with two attached hydrogens (primary N) is 1. The molecule has 0 aliphatic rings. The zero-order valence-electron chi connectivity index (χ0n) is 9.77. The number of aliphatic hydroxyl groups is 1. The van der Waals surface area contributed by atoms with E-state index >= 15 is 0 Å². The fourth-order valence-electron chi connectivity index (χ4n) is 1.21. The molecule has 0 fully saturated rings. The molecule has 0 heterocycles. The van der Waals surface area contributed by atoms with Crippen molar-refractivity contribution in [1.29, 1.82) is 0 Å². The largest absolute Gasteiger partial charge is 0.488 e. The van der Waals surface area contributed by atoms with Crippen molar-refractivity contribution in [2.75, 3.05) is 20.3 Å². The third-order valence-corrected chi connectivity index (χ3v) is 2.91. The molecule has 1 aromatic carbocycles. The van der Waals surface area contributed by atoms with E-state index in [4.69, 9.17) is 20.4 Å². The van der Waals surface area contributed by atoms with Gasteiger partial charge < -0.3 is 20.4 Å². The number of aliphatic hydroxyl groups excluding tert-OH is 1. The van der Waals surface area contributed by atoms with Crippen LogP contribution in [0.15, 0.2) is 21.7 Å². The minimum absolute atomic E-state index is 0.0562. The van der Waals surface area contributed by atoms with Crippen LogP contribution in [0.5, 0.6) is 5.75 Å². The molecular formula is C11H14BrFN2O3. The molecule has 0 saturated heterocycles. The Morgan fingerprint density at radius 3 is 2.89 bits per heavy atom. The van der Waals surface area contributed by atoms with E-state index in [1.807, 2.05) is 0 Å². The van der Waals surface area contributed by atoms with Crippen molar-refractivity contribution in [3.63, 3.8) is 0 Å². The minimum Gasteiger partial charge on any atom is -0.488 e. The second-order valence-corrected chi connectivity index (χ2v) is 4.29. The minimum atomic E-state index is -0.541. The monoisotopic (exact) mass is 320 g/mol. The number of methoxy groups -OCH3 is 1. The lowest BCUT2D eigenvalue weighted by Crippen LogP contribution is -2.24. The molecule has 18 heavy (non-hydrogen) atoms. The molecule has 0 aliphatic carbocycles. The summed E-state index contributed by atoms with van der Waals surface area (Å²) in [5.41, 5.74) is 0.507. The lowest BCUT2D eigenvalue weighted by Gasteiger charge is -2.14. The summed E-state index contributed by atoms with van der Waals surface area (Å²) in [6.45, 7) is -0.141. The van der Waals surface area contributed by atoms with Gasteiger partial charge in [0.25, 0.3) is 0 Å². The standard InChI is InChI=1S/C11H14BrFN2O3/c1-17-8(5-16)6-18-11-3-9(12)7(4-15-14)2-10(11)13/h2-4,8,16H,5-6,14H2,1H3/b15-4+. The van der Waals surface area contributed by atoms with E-state index in [-0.39, 0.29) is 19.0 Å². The summed E-state index contributed by atoms with van der Waals surface area (Å²) < 4.78 is 24.4. The van der Waals surface area contributed by atoms with E-state index in [1.165, 1.54) is 25.5 Å². The van der Waals surface area contributed by atoms with Crippen molar-refractivity contribution in [3.05, 3.63) is 28.0 Å². The van der Waals surface area contributed by atoms with Gasteiger partial charge in [-0.1, -0.05) is 0 Å². The first-order chi connectivity index (χ1) is 8.62. The van der Waals surface area contributed by atoms with Gasteiger partial charge >= 0.3 is 0 Å². The van der Waals surface area contributed by atoms with E-state index in [2.05, 4.69) is 21.0 Å². The quantitative estimate of drug-likeness (QED) is 0.470. The maximum atomic E-state index is 13.7. The molecule has 100 valence electrons. The highest BCUT2D eigenvalue weighted by Crippen LogP contribution is 2.25. The average Bonchev–Trinajstić information content (AvgIpc) is 2.36. The number of hydrazone groups is 1. The van der Waals surface area contributed by atoms with E-state index in [1.54, 1.807) is 0 Å². The second-order valence-electron chi connectivity index (χ2n) is 3.43. The Hall–Kier alpha value is -1.18. The fraction of sp³-hybridized carbons (Fsp3) is 0.364. The first kappa shape index (κ1) is 14.9. The van der Waals surface area contributed by atoms with Gasteiger partial charge in [0.15, 0.2) is 11.6 Å². The fourth-order valence-corrected chi connectivity index (χ4v) is 1.64. The lowest BCUT2D eigenvalue weighted by molar-refractivity contribution is 0.0155. The van der Waals surface area contributed by atoms with Crippen LogP contribution in [0.25, 0.3) is 0 Å². The predicted molar refractivity (Wildman–Crippen MR) is 69.3 cm³/mol. The molecule has 5 nitrogen and oxygen atoms in total. The molecule has 1 rings (SSSR count). The van der Waals surface area contributed by atoms with Gasteiger partial charge in [-0.2, -0.15) is 5.10 Å². The van der Waals surface area contributed by atoms with E-state index in [0.29, 0.717) is 10.0 Å². The Bertz CT molecular complexity index is 425. The molecule has 0 radical (unpaired) electrons. The number of hydrogen-bond acceptors (Lipinski definition) is 5. The average molecular weight is 321 g/mol. The van der Waals surface area contributed by atoms with Gasteiger partial charge in [-0.25, -0.2) is 4.39 Å². The number of nitrogens with zero attached hydrogens (tertiary/aromatic N) is 1. The Kier molecular flexibility index (Phi) is 6.03. The zero-order valence-corrected chi connectivity index (χ0v) is 11.4. The molecule has 0 spiro atoms. The second kappa shape index (κ2) is 7.30. The third kappa shape index (κ3) is 3.94. The number of rotatable bonds is 6. The lowest BCUT2D eigenvalue weighted by atomic mass is 10.2. The van der Waals surface area contributed by atoms with Crippen LogP contribution in [0.4, 0.5) is 4.39 Å². The summed E-state index contributed by atoms with van der Waals surface area (Å²) in [5.74, 6) is 4.52. The smallest absolute Gasteiger partial charge is 0.165 e. The topological polar surface area (TPSA) is 77.1 Å². The predicted octanol–water partition coefficient (Wildman–Crippen LogP) is 1.27. The van der Waals surface area contributed by atoms with Crippen LogP contribution in [0.1, 0.15) is 5.56 Å². The van der Waals surface area contributed by atoms with Gasteiger partial charge in [0.2, 0.25) is 0 Å². The molecule has 7 heteroatoms. The first-order valence-electron chi connectivity index (χ1n) is 5.11. The van der Waals surface area contributed by atoms with Crippen LogP contribution in [0.2, 0.25) is 0 Å². The summed E-state index contributed by atoms with van der Waals surface area (Å²) >= 11 is 3.25. The van der Waals surface area contributed by atoms with Crippen molar-refractivity contribution >= 4 is 22.1 Å². The van der Waals surface area contributed by atoms with E-state index in [9.17, 15) is 4.39 Å². The highest BCUT2D eigenvalue weighted by atomic mass is 79.9. The summed E-state index contributed by atoms with van der Waals surface area (Å²) in [6, 6.07) is 2.72. The maximum absolute atomic E-state index is 13.7. The van der Waals surface area contributed by atoms with Crippen molar-refractivity contribution in [2.24, 2.45) is 10.9 Å². The van der Waals surface area contributed by atoms with Gasteiger partial charge in [-0.3, -0.25) is 0 Å². The van der Waals surface area contributed by atoms with Crippen molar-refractivity contribution in [3.8, 4) is 5.75 Å². The molecule has 0 saturated carbocycles. The van der Waals surface area contributed by atoms with Crippen molar-refractivity contribution in [2.45, 2.75) is 6.10 Å². The normalized spacial score (nSPS) is 12.9. The van der Waals surface area contributed by atoms with Crippen LogP contribution in [0.3, 0.4) is 0 Å². The molecule has 0 amide bonds. The zero-order chi connectivity index (χ0) is 13.5. The number of halogens is 2. The van der Waals surface area contributed by atoms with Crippen molar-refractivity contribution < 1.29 is 19.0 Å². The molecule has 1 aromatic rings. The Morgan fingerprint density at radius 1 is 1.61 bits per heavy atom. The van der Waals surface area contributed by atoms with E-state index in [0.717, 1.165) is 0 Å². The molecule has 0 aliphatic heterocycles. The van der Waals surface area contributed by atoms with Gasteiger partial charge in [-0.05, 0) is 28.1 Å². The number of hydrogen-bond donors (Lipinski definition) is 2. The Morgan fingerprint density at radius 2 is 2.33 bits per heavy atom. The Balaban J connectivity index is 2.81. The SMILES string of the molecule is COC(CO)COc1cc(Br)c(/C=N/N)cc1F. The van der Waals surface area contributed by atoms with Crippen LogP contribution in [0, 0.1) is 5.82 Å². The number of ether oxygens (including phenoxy) is 2. The van der Waals surface area contributed by atoms with Crippen LogP contribution >= 0.6 is 15.9 Å². The van der Waals surface area contributed by atoms with E-state index < -0.39 is 11.9 Å². The molecule has 0 bridgehead atoms. The molecular weight excluding hydrogens is 307 g/mol. The van der Waals surface area contributed by atoms with Crippen LogP contribution in [-0.2, 0) is 4.74 Å². The molecule has 3 N–H and O–H groups in total. The van der Waals surface area contributed by atoms with Gasteiger partial charge in [-0.15, -0.1) is 0 Å². The highest BCUT2D eigenvalue weighted by molar-refractivity contribution is 9.10. The first-order valence-corrected chi connectivity index (χ1v) is 5.90. The van der Waals surface area contributed by atoms with Gasteiger partial charge in [0.1, 0.15) is 12.7 Å². The third-order valence-electron chi connectivity index (χ3n) is 2.23. The number of benzene rings is 1. The van der Waals surface area contributed by atoms with Crippen molar-refractivity contribution in [1.82, 2.24) is 0 Å².